The van der Waals surface area contributed by atoms with Crippen LogP contribution in [0.15, 0.2) is 24.3 Å². The van der Waals surface area contributed by atoms with Crippen LogP contribution in [0.25, 0.3) is 0 Å². The molecule has 0 aliphatic heterocycles. The summed E-state index contributed by atoms with van der Waals surface area (Å²) in [5.41, 5.74) is 5.35. The van der Waals surface area contributed by atoms with Crippen molar-refractivity contribution in [1.29, 1.82) is 0 Å². The molecular formula is C47H88NO11P. The fourth-order valence-corrected chi connectivity index (χ4v) is 8.51. The highest BCUT2D eigenvalue weighted by Crippen LogP contribution is 2.43. The third-order valence-corrected chi connectivity index (χ3v) is 12.4. The Balaban J connectivity index is 2.33. The Hall–Kier alpha value is -1.63. The summed E-state index contributed by atoms with van der Waals surface area (Å²) in [6.07, 6.45) is 34.5. The number of nitrogens with two attached hydrogens (primary N) is 1. The summed E-state index contributed by atoms with van der Waals surface area (Å²) in [7, 11) is -4.45. The first-order chi connectivity index (χ1) is 29.0. The van der Waals surface area contributed by atoms with E-state index in [-0.39, 0.29) is 50.9 Å². The number of aliphatic hydroxyl groups is 3. The average molecular weight is 874 g/mol. The number of allylic oxidation sites excluding steroid dienone is 2. The van der Waals surface area contributed by atoms with Gasteiger partial charge in [-0.05, 0) is 38.0 Å². The minimum Gasteiger partial charge on any atom is -0.462 e. The lowest BCUT2D eigenvalue weighted by Crippen LogP contribution is -2.29. The maximum atomic E-state index is 12.7. The van der Waals surface area contributed by atoms with Crippen molar-refractivity contribution in [2.24, 2.45) is 17.6 Å². The lowest BCUT2D eigenvalue weighted by molar-refractivity contribution is -0.161. The summed E-state index contributed by atoms with van der Waals surface area (Å²) in [5.74, 6) is -1.43. The van der Waals surface area contributed by atoms with Gasteiger partial charge in [0.2, 0.25) is 0 Å². The van der Waals surface area contributed by atoms with Crippen LogP contribution < -0.4 is 5.73 Å². The van der Waals surface area contributed by atoms with E-state index in [1.807, 2.05) is 18.2 Å². The second-order valence-corrected chi connectivity index (χ2v) is 18.4. The molecule has 1 fully saturated rings. The molecule has 0 aromatic heterocycles. The zero-order valence-electron chi connectivity index (χ0n) is 37.8. The Bertz CT molecular complexity index is 1150. The van der Waals surface area contributed by atoms with Crippen molar-refractivity contribution < 1.29 is 52.9 Å². The smallest absolute Gasteiger partial charge is 0.462 e. The van der Waals surface area contributed by atoms with Crippen molar-refractivity contribution in [1.82, 2.24) is 0 Å². The molecule has 0 bridgehead atoms. The van der Waals surface area contributed by atoms with Gasteiger partial charge in [0.25, 0.3) is 0 Å². The average Bonchev–Trinajstić information content (AvgIpc) is 3.49. The Labute approximate surface area is 364 Å². The van der Waals surface area contributed by atoms with E-state index < -0.39 is 50.8 Å². The maximum Gasteiger partial charge on any atom is 0.472 e. The summed E-state index contributed by atoms with van der Waals surface area (Å²) < 4.78 is 32.8. The van der Waals surface area contributed by atoms with E-state index in [1.165, 1.54) is 96.3 Å². The van der Waals surface area contributed by atoms with Gasteiger partial charge in [0, 0.05) is 31.7 Å². The van der Waals surface area contributed by atoms with Crippen molar-refractivity contribution in [3.63, 3.8) is 0 Å². The van der Waals surface area contributed by atoms with Crippen molar-refractivity contribution >= 4 is 19.8 Å². The molecule has 13 heteroatoms. The Kier molecular flexibility index (Phi) is 35.6. The molecule has 0 amide bonds. The number of esters is 2. The first-order valence-corrected chi connectivity index (χ1v) is 25.6. The monoisotopic (exact) mass is 874 g/mol. The third kappa shape index (κ3) is 31.2. The number of carbonyl (C=O) groups is 2. The summed E-state index contributed by atoms with van der Waals surface area (Å²) in [6.45, 7) is 3.38. The van der Waals surface area contributed by atoms with Crippen LogP contribution in [0, 0.1) is 11.8 Å². The van der Waals surface area contributed by atoms with Gasteiger partial charge in [-0.3, -0.25) is 18.6 Å². The van der Waals surface area contributed by atoms with Gasteiger partial charge in [0.15, 0.2) is 6.10 Å². The Morgan fingerprint density at radius 3 is 1.80 bits per heavy atom. The molecule has 0 spiro atoms. The number of hydrogen-bond donors (Lipinski definition) is 5. The molecule has 1 aliphatic carbocycles. The van der Waals surface area contributed by atoms with Crippen molar-refractivity contribution in [2.45, 2.75) is 224 Å². The van der Waals surface area contributed by atoms with Crippen molar-refractivity contribution in [3.05, 3.63) is 24.3 Å². The largest absolute Gasteiger partial charge is 0.472 e. The van der Waals surface area contributed by atoms with Crippen LogP contribution in [0.4, 0.5) is 0 Å². The van der Waals surface area contributed by atoms with E-state index in [9.17, 15) is 34.4 Å². The minimum atomic E-state index is -4.45. The number of hydrogen-bond acceptors (Lipinski definition) is 11. The molecule has 12 nitrogen and oxygen atoms in total. The zero-order chi connectivity index (χ0) is 44.1. The molecule has 0 aromatic carbocycles. The van der Waals surface area contributed by atoms with Crippen LogP contribution in [-0.4, -0.2) is 82.9 Å². The van der Waals surface area contributed by atoms with Crippen LogP contribution in [-0.2, 0) is 32.7 Å². The van der Waals surface area contributed by atoms with E-state index in [4.69, 9.17) is 24.3 Å². The third-order valence-electron chi connectivity index (χ3n) is 11.4. The molecule has 60 heavy (non-hydrogen) atoms. The second-order valence-electron chi connectivity index (χ2n) is 17.0. The topological polar surface area (TPSA) is 195 Å². The SMILES string of the molecule is CCCCCCCCCCCCCCCCCCCCCC(=O)OC[C@H](COP(=O)(O)OCCN)OC(=O)CCC/C=C/C[C@@H]1[C@@H](/C=C/[C@@H](O)CCCCC)[C@H](O)C[C@@H]1O. The molecule has 7 atom stereocenters. The molecule has 6 N–H and O–H groups in total. The molecule has 0 aromatic rings. The van der Waals surface area contributed by atoms with E-state index >= 15 is 0 Å². The molecule has 1 rings (SSSR count). The molecular weight excluding hydrogens is 785 g/mol. The predicted octanol–water partition coefficient (Wildman–Crippen LogP) is 10.3. The normalized spacial score (nSPS) is 20.2. The summed E-state index contributed by atoms with van der Waals surface area (Å²) in [4.78, 5) is 35.2. The molecule has 0 heterocycles. The van der Waals surface area contributed by atoms with Gasteiger partial charge in [-0.1, -0.05) is 173 Å². The molecule has 1 aliphatic rings. The van der Waals surface area contributed by atoms with Gasteiger partial charge < -0.3 is 35.4 Å². The molecule has 1 saturated carbocycles. The fraction of sp³-hybridized carbons (Fsp3) is 0.872. The van der Waals surface area contributed by atoms with Gasteiger partial charge in [0.1, 0.15) is 6.61 Å². The lowest BCUT2D eigenvalue weighted by Gasteiger charge is -2.20. The van der Waals surface area contributed by atoms with Gasteiger partial charge in [-0.2, -0.15) is 0 Å². The summed E-state index contributed by atoms with van der Waals surface area (Å²) in [6, 6.07) is 0. The fourth-order valence-electron chi connectivity index (χ4n) is 7.75. The van der Waals surface area contributed by atoms with Crippen LogP contribution in [0.2, 0.25) is 0 Å². The predicted molar refractivity (Wildman–Crippen MR) is 240 cm³/mol. The Morgan fingerprint density at radius 1 is 0.700 bits per heavy atom. The minimum absolute atomic E-state index is 0.0159. The van der Waals surface area contributed by atoms with Crippen molar-refractivity contribution in [3.8, 4) is 0 Å². The van der Waals surface area contributed by atoms with Gasteiger partial charge >= 0.3 is 19.8 Å². The van der Waals surface area contributed by atoms with Crippen LogP contribution in [0.1, 0.15) is 200 Å². The number of ether oxygens (including phenoxy) is 2. The van der Waals surface area contributed by atoms with E-state index in [0.717, 1.165) is 38.5 Å². The van der Waals surface area contributed by atoms with E-state index in [2.05, 4.69) is 13.8 Å². The summed E-state index contributed by atoms with van der Waals surface area (Å²) in [5, 5.41) is 31.3. The first kappa shape index (κ1) is 56.4. The highest BCUT2D eigenvalue weighted by atomic mass is 31.2. The molecule has 0 radical (unpaired) electrons. The van der Waals surface area contributed by atoms with Gasteiger partial charge in [-0.15, -0.1) is 0 Å². The summed E-state index contributed by atoms with van der Waals surface area (Å²) >= 11 is 0. The van der Waals surface area contributed by atoms with Crippen LogP contribution in [0.3, 0.4) is 0 Å². The van der Waals surface area contributed by atoms with E-state index in [1.54, 1.807) is 6.08 Å². The first-order valence-electron chi connectivity index (χ1n) is 24.1. The highest BCUT2D eigenvalue weighted by molar-refractivity contribution is 7.47. The standard InChI is InChI=1S/C47H88NO11P/c1-3-5-7-8-9-10-11-12-13-14-15-16-17-18-19-20-21-22-27-31-46(52)56-38-41(39-58-60(54,55)57-36-35-48)59-47(53)32-28-24-23-26-30-42-43(45(51)37-44(42)50)34-33-40(49)29-25-6-4-2/h23,26,33-34,40-45,49-51H,3-22,24-25,27-32,35-39,48H2,1-2H3,(H,54,55)/b26-23+,34-33+/t40-,41+,42+,43+,44-,45+/m0/s1. The zero-order valence-corrected chi connectivity index (χ0v) is 38.7. The van der Waals surface area contributed by atoms with Crippen LogP contribution in [0.5, 0.6) is 0 Å². The highest BCUT2D eigenvalue weighted by Gasteiger charge is 2.39. The number of unbranched alkanes of at least 4 members (excludes halogenated alkanes) is 21. The van der Waals surface area contributed by atoms with Crippen molar-refractivity contribution in [2.75, 3.05) is 26.4 Å². The molecule has 1 unspecified atom stereocenters. The van der Waals surface area contributed by atoms with E-state index in [0.29, 0.717) is 32.1 Å². The van der Waals surface area contributed by atoms with Gasteiger partial charge in [0.05, 0.1) is 31.5 Å². The van der Waals surface area contributed by atoms with Crippen LogP contribution >= 0.6 is 7.82 Å². The molecule has 0 saturated heterocycles. The van der Waals surface area contributed by atoms with Gasteiger partial charge in [-0.25, -0.2) is 4.57 Å². The number of phosphoric acid groups is 1. The quantitative estimate of drug-likeness (QED) is 0.0169. The molecule has 352 valence electrons. The Morgan fingerprint density at radius 2 is 1.23 bits per heavy atom. The lowest BCUT2D eigenvalue weighted by atomic mass is 9.89. The number of aliphatic hydroxyl groups excluding tert-OH is 3. The number of phosphoric ester groups is 1. The number of carbonyl (C=O) groups excluding carboxylic acids is 2. The second kappa shape index (κ2) is 37.9. The maximum absolute atomic E-state index is 12.7. The number of rotatable bonds is 41.